The van der Waals surface area contributed by atoms with Crippen LogP contribution in [0.5, 0.6) is 0 Å². The summed E-state index contributed by atoms with van der Waals surface area (Å²) in [7, 11) is -3.77. The third-order valence-corrected chi connectivity index (χ3v) is 6.09. The molecule has 0 aliphatic carbocycles. The molecule has 1 fully saturated rings. The third-order valence-electron chi connectivity index (χ3n) is 4.66. The van der Waals surface area contributed by atoms with Crippen LogP contribution in [0.25, 0.3) is 0 Å². The van der Waals surface area contributed by atoms with Gasteiger partial charge >= 0.3 is 16.2 Å². The van der Waals surface area contributed by atoms with E-state index < -0.39 is 22.1 Å². The molecular formula is C21H24N2O5S. The van der Waals surface area contributed by atoms with Gasteiger partial charge < -0.3 is 4.74 Å². The Bertz CT molecular complexity index is 969. The van der Waals surface area contributed by atoms with Gasteiger partial charge in [-0.25, -0.2) is 9.52 Å². The van der Waals surface area contributed by atoms with Crippen molar-refractivity contribution in [3.63, 3.8) is 0 Å². The van der Waals surface area contributed by atoms with Gasteiger partial charge in [0.15, 0.2) is 0 Å². The summed E-state index contributed by atoms with van der Waals surface area (Å²) in [5.74, 6) is -0.999. The number of nitrogens with zero attached hydrogens (tertiary/aromatic N) is 1. The summed E-state index contributed by atoms with van der Waals surface area (Å²) >= 11 is 0. The van der Waals surface area contributed by atoms with Crippen LogP contribution in [0.2, 0.25) is 0 Å². The molecule has 3 rings (SSSR count). The molecule has 0 atom stereocenters. The molecule has 0 unspecified atom stereocenters. The Labute approximate surface area is 170 Å². The van der Waals surface area contributed by atoms with Crippen molar-refractivity contribution in [3.8, 4) is 0 Å². The molecule has 0 radical (unpaired) electrons. The van der Waals surface area contributed by atoms with Crippen molar-refractivity contribution < 1.29 is 22.7 Å². The van der Waals surface area contributed by atoms with E-state index in [-0.39, 0.29) is 19.7 Å². The van der Waals surface area contributed by atoms with Crippen molar-refractivity contribution in [2.24, 2.45) is 0 Å². The fraction of sp³-hybridized carbons (Fsp3) is 0.333. The fourth-order valence-corrected chi connectivity index (χ4v) is 4.08. The maximum Gasteiger partial charge on any atom is 0.338 e. The van der Waals surface area contributed by atoms with Crippen LogP contribution in [0.3, 0.4) is 0 Å². The number of hydrogen-bond donors (Lipinski definition) is 1. The number of esters is 1. The van der Waals surface area contributed by atoms with E-state index in [1.54, 1.807) is 24.3 Å². The fourth-order valence-electron chi connectivity index (χ4n) is 2.99. The summed E-state index contributed by atoms with van der Waals surface area (Å²) in [6.07, 6.45) is 3.35. The highest BCUT2D eigenvalue weighted by Gasteiger charge is 2.33. The first kappa shape index (κ1) is 21.0. The van der Waals surface area contributed by atoms with Crippen LogP contribution in [0.1, 0.15) is 46.8 Å². The summed E-state index contributed by atoms with van der Waals surface area (Å²) in [6, 6.07) is 14.5. The van der Waals surface area contributed by atoms with Gasteiger partial charge in [-0.3, -0.25) is 4.79 Å². The van der Waals surface area contributed by atoms with E-state index in [0.717, 1.165) is 29.1 Å². The van der Waals surface area contributed by atoms with E-state index in [2.05, 4.69) is 19.1 Å². The van der Waals surface area contributed by atoms with Crippen molar-refractivity contribution in [1.29, 1.82) is 0 Å². The Morgan fingerprint density at radius 1 is 1.03 bits per heavy atom. The molecule has 0 bridgehead atoms. The molecule has 0 aromatic heterocycles. The first-order valence-corrected chi connectivity index (χ1v) is 11.0. The van der Waals surface area contributed by atoms with Crippen LogP contribution >= 0.6 is 0 Å². The van der Waals surface area contributed by atoms with E-state index >= 15 is 0 Å². The molecule has 1 N–H and O–H groups in total. The van der Waals surface area contributed by atoms with Gasteiger partial charge in [-0.2, -0.15) is 12.7 Å². The lowest BCUT2D eigenvalue weighted by Gasteiger charge is -2.12. The van der Waals surface area contributed by atoms with E-state index in [1.165, 1.54) is 5.56 Å². The van der Waals surface area contributed by atoms with Gasteiger partial charge in [0.25, 0.3) is 0 Å². The van der Waals surface area contributed by atoms with Crippen molar-refractivity contribution in [2.45, 2.75) is 39.3 Å². The number of carbonyl (C=O) groups excluding carboxylic acids is 2. The second-order valence-electron chi connectivity index (χ2n) is 6.99. The van der Waals surface area contributed by atoms with E-state index in [0.29, 0.717) is 11.1 Å². The van der Waals surface area contributed by atoms with Crippen molar-refractivity contribution >= 4 is 22.1 Å². The average molecular weight is 416 g/mol. The van der Waals surface area contributed by atoms with Crippen LogP contribution in [0, 0.1) is 0 Å². The Morgan fingerprint density at radius 2 is 1.66 bits per heavy atom. The zero-order chi connectivity index (χ0) is 20.9. The van der Waals surface area contributed by atoms with E-state index in [9.17, 15) is 18.0 Å². The standard InChI is InChI=1S/C21H24N2O5S/c1-2-3-4-16-5-7-18(8-6-16)15-28-21(25)19-11-9-17(10-12-19)13-23-14-20(24)22-29(23,26)27/h5-12H,2-4,13-15H2,1H3,(H,22,24). The zero-order valence-electron chi connectivity index (χ0n) is 16.3. The average Bonchev–Trinajstić information content (AvgIpc) is 2.96. The van der Waals surface area contributed by atoms with Gasteiger partial charge in [-0.15, -0.1) is 0 Å². The topological polar surface area (TPSA) is 92.8 Å². The van der Waals surface area contributed by atoms with Gasteiger partial charge in [0, 0.05) is 6.54 Å². The molecule has 0 spiro atoms. The Hall–Kier alpha value is -2.71. The Kier molecular flexibility index (Phi) is 6.66. The first-order chi connectivity index (χ1) is 13.9. The molecule has 8 heteroatoms. The Morgan fingerprint density at radius 3 is 2.24 bits per heavy atom. The van der Waals surface area contributed by atoms with Crippen LogP contribution < -0.4 is 4.72 Å². The predicted octanol–water partition coefficient (Wildman–Crippen LogP) is 2.56. The lowest BCUT2D eigenvalue weighted by molar-refractivity contribution is -0.118. The minimum atomic E-state index is -3.77. The molecule has 1 amide bonds. The molecule has 2 aromatic rings. The van der Waals surface area contributed by atoms with Crippen LogP contribution in [0.15, 0.2) is 48.5 Å². The number of amides is 1. The quantitative estimate of drug-likeness (QED) is 0.668. The summed E-state index contributed by atoms with van der Waals surface area (Å²) in [5, 5.41) is 0. The van der Waals surface area contributed by atoms with Gasteiger partial charge in [0.2, 0.25) is 5.91 Å². The normalized spacial score (nSPS) is 15.8. The largest absolute Gasteiger partial charge is 0.457 e. The molecule has 7 nitrogen and oxygen atoms in total. The molecule has 1 aliphatic rings. The predicted molar refractivity (Wildman–Crippen MR) is 108 cm³/mol. The second kappa shape index (κ2) is 9.19. The van der Waals surface area contributed by atoms with Crippen molar-refractivity contribution in [3.05, 3.63) is 70.8 Å². The highest BCUT2D eigenvalue weighted by molar-refractivity contribution is 7.88. The van der Waals surface area contributed by atoms with Gasteiger partial charge in [-0.1, -0.05) is 49.7 Å². The third kappa shape index (κ3) is 5.65. The molecule has 2 aromatic carbocycles. The minimum Gasteiger partial charge on any atom is -0.457 e. The SMILES string of the molecule is CCCCc1ccc(COC(=O)c2ccc(CN3CC(=O)NS3(=O)=O)cc2)cc1. The van der Waals surface area contributed by atoms with E-state index in [1.807, 2.05) is 16.9 Å². The number of unbranched alkanes of at least 4 members (excludes halogenated alkanes) is 1. The molecule has 1 saturated heterocycles. The highest BCUT2D eigenvalue weighted by atomic mass is 32.2. The van der Waals surface area contributed by atoms with Crippen molar-refractivity contribution in [2.75, 3.05) is 6.54 Å². The summed E-state index contributed by atoms with van der Waals surface area (Å²) in [4.78, 5) is 23.5. The maximum absolute atomic E-state index is 12.2. The molecular weight excluding hydrogens is 392 g/mol. The van der Waals surface area contributed by atoms with E-state index in [4.69, 9.17) is 4.74 Å². The molecule has 154 valence electrons. The minimum absolute atomic E-state index is 0.0563. The number of benzene rings is 2. The van der Waals surface area contributed by atoms with Crippen LogP contribution in [-0.4, -0.2) is 31.1 Å². The first-order valence-electron chi connectivity index (χ1n) is 9.52. The summed E-state index contributed by atoms with van der Waals surface area (Å²) < 4.78 is 31.9. The maximum atomic E-state index is 12.2. The lowest BCUT2D eigenvalue weighted by Crippen LogP contribution is -2.29. The number of ether oxygens (including phenoxy) is 1. The monoisotopic (exact) mass is 416 g/mol. The Balaban J connectivity index is 1.53. The molecule has 0 saturated carbocycles. The smallest absolute Gasteiger partial charge is 0.338 e. The van der Waals surface area contributed by atoms with Crippen molar-refractivity contribution in [1.82, 2.24) is 9.03 Å². The molecule has 1 aliphatic heterocycles. The number of aryl methyl sites for hydroxylation is 1. The molecule has 1 heterocycles. The number of hydrogen-bond acceptors (Lipinski definition) is 5. The number of rotatable bonds is 8. The second-order valence-corrected chi connectivity index (χ2v) is 8.66. The van der Waals surface area contributed by atoms with Gasteiger partial charge in [0.05, 0.1) is 12.1 Å². The molecule has 29 heavy (non-hydrogen) atoms. The lowest BCUT2D eigenvalue weighted by atomic mass is 10.1. The highest BCUT2D eigenvalue weighted by Crippen LogP contribution is 2.15. The number of carbonyl (C=O) groups is 2. The number of nitrogens with one attached hydrogen (secondary N) is 1. The summed E-state index contributed by atoms with van der Waals surface area (Å²) in [5.41, 5.74) is 3.25. The zero-order valence-corrected chi connectivity index (χ0v) is 17.1. The summed E-state index contributed by atoms with van der Waals surface area (Å²) in [6.45, 7) is 2.20. The van der Waals surface area contributed by atoms with Crippen LogP contribution in [-0.2, 0) is 39.3 Å². The van der Waals surface area contributed by atoms with Crippen LogP contribution in [0.4, 0.5) is 0 Å². The van der Waals surface area contributed by atoms with Gasteiger partial charge in [-0.05, 0) is 41.7 Å². The van der Waals surface area contributed by atoms with Gasteiger partial charge in [0.1, 0.15) is 6.61 Å².